The van der Waals surface area contributed by atoms with E-state index in [2.05, 4.69) is 15.4 Å². The van der Waals surface area contributed by atoms with Crippen molar-refractivity contribution in [2.75, 3.05) is 3.26 Å². The van der Waals surface area contributed by atoms with Crippen molar-refractivity contribution in [1.82, 2.24) is 0 Å². The molecule has 66 valence electrons. The molecule has 6 heteroatoms. The van der Waals surface area contributed by atoms with E-state index < -0.39 is 15.4 Å². The Morgan fingerprint density at radius 3 is 1.92 bits per heavy atom. The van der Waals surface area contributed by atoms with Crippen LogP contribution in [-0.4, -0.2) is 29.0 Å². The Kier molecular flexibility index (Phi) is 7.71. The van der Waals surface area contributed by atoms with Gasteiger partial charge < -0.3 is 0 Å². The zero-order chi connectivity index (χ0) is 9.40. The summed E-state index contributed by atoms with van der Waals surface area (Å²) < 4.78 is 27.6. The zero-order valence-electron chi connectivity index (χ0n) is 6.18. The summed E-state index contributed by atoms with van der Waals surface area (Å²) in [4.78, 5) is 0. The van der Waals surface area contributed by atoms with Crippen LogP contribution in [0.25, 0.3) is 0 Å². The van der Waals surface area contributed by atoms with Crippen molar-refractivity contribution in [2.45, 2.75) is 0 Å². The third kappa shape index (κ3) is 8.15. The fourth-order valence-corrected chi connectivity index (χ4v) is 1.28. The molecule has 0 aromatic heterocycles. The zero-order valence-corrected chi connectivity index (χ0v) is 12.1. The molecule has 1 rings (SSSR count). The first-order valence-electron chi connectivity index (χ1n) is 3.01. The summed E-state index contributed by atoms with van der Waals surface area (Å²) >= 11 is -2.84. The predicted molar refractivity (Wildman–Crippen MR) is 42.2 cm³/mol. The molecular weight excluding hydrogens is 394 g/mol. The normalized spacial score (nSPS) is 7.83. The number of hydrogen-bond acceptors (Lipinski definition) is 3. The average Bonchev–Trinajstić information content (AvgIpc) is 2.05. The summed E-state index contributed by atoms with van der Waals surface area (Å²) in [6.45, 7) is 0. The van der Waals surface area contributed by atoms with E-state index in [4.69, 9.17) is 11.4 Å². The third-order valence-corrected chi connectivity index (χ3v) is 2.24. The average molecular weight is 403 g/mol. The molecule has 0 bridgehead atoms. The van der Waals surface area contributed by atoms with Crippen LogP contribution in [0.4, 0.5) is 5.69 Å². The molecule has 0 spiro atoms. The quantitative estimate of drug-likeness (QED) is 0.641. The van der Waals surface area contributed by atoms with Gasteiger partial charge in [-0.25, -0.2) is 0 Å². The molecule has 2 N–H and O–H groups in total. The van der Waals surface area contributed by atoms with Gasteiger partial charge in [0.15, 0.2) is 0 Å². The maximum absolute atomic E-state index is 8.67. The second-order valence-electron chi connectivity index (χ2n) is 1.75. The van der Waals surface area contributed by atoms with Gasteiger partial charge >= 0.3 is 91.1 Å². The fourth-order valence-electron chi connectivity index (χ4n) is 0.534. The van der Waals surface area contributed by atoms with Crippen LogP contribution in [0.5, 0.6) is 0 Å². The maximum atomic E-state index is 8.67. The van der Waals surface area contributed by atoms with Gasteiger partial charge in [-0.1, -0.05) is 0 Å². The van der Waals surface area contributed by atoms with E-state index in [0.717, 1.165) is 25.0 Å². The van der Waals surface area contributed by atoms with Crippen LogP contribution in [0.15, 0.2) is 30.3 Å². The first kappa shape index (κ1) is 12.0. The van der Waals surface area contributed by atoms with E-state index in [1.807, 2.05) is 18.2 Å². The van der Waals surface area contributed by atoms with Gasteiger partial charge in [0.25, 0.3) is 0 Å². The topological polar surface area (TPSA) is 66.4 Å². The molecule has 0 aliphatic carbocycles. The van der Waals surface area contributed by atoms with Crippen molar-refractivity contribution >= 4 is 30.7 Å². The van der Waals surface area contributed by atoms with Gasteiger partial charge in [0, 0.05) is 0 Å². The van der Waals surface area contributed by atoms with E-state index >= 15 is 0 Å². The first-order valence-corrected chi connectivity index (χ1v) is 7.02. The predicted octanol–water partition coefficient (Wildman–Crippen LogP) is -0.151. The van der Waals surface area contributed by atoms with Crippen LogP contribution >= 0.6 is 0 Å². The van der Waals surface area contributed by atoms with Crippen molar-refractivity contribution in [3.05, 3.63) is 30.3 Å². The Labute approximate surface area is 90.6 Å². The van der Waals surface area contributed by atoms with Crippen molar-refractivity contribution < 1.29 is 26.8 Å². The summed E-state index contributed by atoms with van der Waals surface area (Å²) in [5.41, 5.74) is 1.23. The van der Waals surface area contributed by atoms with Gasteiger partial charge in [0.1, 0.15) is 0 Å². The van der Waals surface area contributed by atoms with Crippen LogP contribution in [-0.2, 0) is 22.7 Å². The molecule has 0 heterocycles. The Morgan fingerprint density at radius 2 is 1.67 bits per heavy atom. The molecule has 0 unspecified atom stereocenters. The van der Waals surface area contributed by atoms with E-state index in [1.54, 1.807) is 0 Å². The number of hydrogen-bond donors (Lipinski definition) is 2. The molecule has 0 atom stereocenters. The molecule has 0 aliphatic heterocycles. The Balaban J connectivity index is 0.000000261. The number of rotatable bonds is 1. The van der Waals surface area contributed by atoms with Gasteiger partial charge in [-0.15, -0.1) is 0 Å². The summed E-state index contributed by atoms with van der Waals surface area (Å²) in [6.07, 6.45) is 0. The molecule has 1 aromatic rings. The fraction of sp³-hybridized carbons (Fsp3) is 0. The molecule has 0 radical (unpaired) electrons. The van der Waals surface area contributed by atoms with E-state index in [-0.39, 0.29) is 0 Å². The summed E-state index contributed by atoms with van der Waals surface area (Å²) in [5, 5.41) is 0. The number of anilines is 1. The van der Waals surface area contributed by atoms with Crippen molar-refractivity contribution in [1.29, 1.82) is 0 Å². The standard InChI is InChI=1S/C6H6N.Bi.H2O.2O.V.2H/c7-6-4-2-1-3-5-6;;;;;;;/h1-5,7H;;1H2;;;;;/q-1;+1;;;;+1;;/p-1. The number of nitrogens with one attached hydrogen (secondary N) is 1. The van der Waals surface area contributed by atoms with Gasteiger partial charge in [-0.05, 0) is 0 Å². The van der Waals surface area contributed by atoms with E-state index in [1.165, 1.54) is 5.69 Å². The molecule has 0 amide bonds. The summed E-state index contributed by atoms with van der Waals surface area (Å²) in [6, 6.07) is 10.2. The Bertz CT molecular complexity index is 267. The van der Waals surface area contributed by atoms with Crippen LogP contribution in [0.3, 0.4) is 0 Å². The van der Waals surface area contributed by atoms with Crippen molar-refractivity contribution in [3.63, 3.8) is 0 Å². The number of para-hydroxylation sites is 1. The summed E-state index contributed by atoms with van der Waals surface area (Å²) in [5.74, 6) is 0. The number of benzene rings is 1. The van der Waals surface area contributed by atoms with Crippen LogP contribution in [0, 0.1) is 0 Å². The van der Waals surface area contributed by atoms with Gasteiger partial charge in [-0.2, -0.15) is 0 Å². The molecular formula is C6H9BiNO3V. The molecule has 12 heavy (non-hydrogen) atoms. The first-order chi connectivity index (χ1) is 5.66. The Hall–Kier alpha value is 0.0475. The van der Waals surface area contributed by atoms with Crippen LogP contribution in [0.2, 0.25) is 0 Å². The second-order valence-corrected chi connectivity index (χ2v) is 3.61. The van der Waals surface area contributed by atoms with Crippen LogP contribution in [0.1, 0.15) is 0 Å². The minimum atomic E-state index is -3.69. The van der Waals surface area contributed by atoms with Gasteiger partial charge in [0.2, 0.25) is 0 Å². The van der Waals surface area contributed by atoms with E-state index in [0.29, 0.717) is 0 Å². The second kappa shape index (κ2) is 7.68. The summed E-state index contributed by atoms with van der Waals surface area (Å²) in [7, 11) is 0. The molecule has 0 saturated carbocycles. The van der Waals surface area contributed by atoms with Gasteiger partial charge in [-0.3, -0.25) is 0 Å². The van der Waals surface area contributed by atoms with Crippen molar-refractivity contribution in [2.24, 2.45) is 0 Å². The van der Waals surface area contributed by atoms with Crippen LogP contribution < -0.4 is 3.26 Å². The molecule has 0 saturated heterocycles. The SMILES string of the molecule is [BiH2][NH]c1ccccc1.[O]=[V](=[O])[OH]. The van der Waals surface area contributed by atoms with Crippen molar-refractivity contribution in [3.8, 4) is 0 Å². The van der Waals surface area contributed by atoms with E-state index in [9.17, 15) is 0 Å². The Morgan fingerprint density at radius 1 is 1.25 bits per heavy atom. The minimum absolute atomic E-state index is 0.849. The molecule has 1 aromatic carbocycles. The molecule has 0 aliphatic rings. The van der Waals surface area contributed by atoms with Gasteiger partial charge in [0.05, 0.1) is 0 Å². The molecule has 0 fully saturated rings. The molecule has 4 nitrogen and oxygen atoms in total. The third-order valence-electron chi connectivity index (χ3n) is 0.940. The monoisotopic (exact) mass is 403 g/mol.